The molecule has 1 amide bonds. The van der Waals surface area contributed by atoms with Crippen LogP contribution in [0.2, 0.25) is 0 Å². The van der Waals surface area contributed by atoms with Crippen molar-refractivity contribution >= 4 is 11.6 Å². The fourth-order valence-corrected chi connectivity index (χ4v) is 2.72. The Labute approximate surface area is 135 Å². The van der Waals surface area contributed by atoms with Crippen molar-refractivity contribution in [3.8, 4) is 0 Å². The minimum atomic E-state index is -0.416. The van der Waals surface area contributed by atoms with Crippen LogP contribution in [-0.4, -0.2) is 58.5 Å². The van der Waals surface area contributed by atoms with Crippen LogP contribution in [0.25, 0.3) is 0 Å². The van der Waals surface area contributed by atoms with Crippen molar-refractivity contribution in [3.05, 3.63) is 39.9 Å². The Kier molecular flexibility index (Phi) is 5.68. The first-order chi connectivity index (χ1) is 10.9. The monoisotopic (exact) mass is 321 g/mol. The van der Waals surface area contributed by atoms with Crippen LogP contribution in [0.5, 0.6) is 0 Å². The number of aliphatic hydroxyl groups excluding tert-OH is 1. The van der Waals surface area contributed by atoms with Gasteiger partial charge in [0.25, 0.3) is 5.69 Å². The van der Waals surface area contributed by atoms with E-state index in [1.807, 2.05) is 24.9 Å². The molecule has 2 rings (SSSR count). The number of amides is 1. The van der Waals surface area contributed by atoms with E-state index in [-0.39, 0.29) is 30.3 Å². The number of rotatable bonds is 5. The van der Waals surface area contributed by atoms with Crippen molar-refractivity contribution in [2.75, 3.05) is 26.7 Å². The molecular weight excluding hydrogens is 298 g/mol. The number of benzene rings is 1. The van der Waals surface area contributed by atoms with Crippen LogP contribution in [0.1, 0.15) is 31.4 Å². The maximum absolute atomic E-state index is 12.3. The molecule has 0 spiro atoms. The Hall–Kier alpha value is -1.99. The van der Waals surface area contributed by atoms with Gasteiger partial charge in [-0.3, -0.25) is 19.8 Å². The number of likely N-dealkylation sites (N-methyl/N-ethyl adjacent to an activating group) is 1. The first-order valence-electron chi connectivity index (χ1n) is 7.79. The fourth-order valence-electron chi connectivity index (χ4n) is 2.72. The Morgan fingerprint density at radius 1 is 1.48 bits per heavy atom. The molecule has 1 atom stereocenters. The van der Waals surface area contributed by atoms with Gasteiger partial charge < -0.3 is 10.0 Å². The highest BCUT2D eigenvalue weighted by molar-refractivity contribution is 5.78. The average Bonchev–Trinajstić information content (AvgIpc) is 2.54. The Morgan fingerprint density at radius 2 is 2.13 bits per heavy atom. The number of non-ortho nitro benzene ring substituents is 1. The van der Waals surface area contributed by atoms with E-state index in [0.29, 0.717) is 25.9 Å². The Balaban J connectivity index is 1.96. The van der Waals surface area contributed by atoms with Crippen LogP contribution in [0.3, 0.4) is 0 Å². The maximum Gasteiger partial charge on any atom is 0.269 e. The largest absolute Gasteiger partial charge is 0.393 e. The van der Waals surface area contributed by atoms with Crippen LogP contribution in [0, 0.1) is 10.1 Å². The van der Waals surface area contributed by atoms with Crippen LogP contribution in [-0.2, 0) is 4.79 Å². The predicted octanol–water partition coefficient (Wildman–Crippen LogP) is 1.57. The van der Waals surface area contributed by atoms with Gasteiger partial charge in [0.05, 0.1) is 17.6 Å². The van der Waals surface area contributed by atoms with Crippen LogP contribution in [0.4, 0.5) is 5.69 Å². The fraction of sp³-hybridized carbons (Fsp3) is 0.562. The van der Waals surface area contributed by atoms with Gasteiger partial charge in [-0.15, -0.1) is 0 Å². The predicted molar refractivity (Wildman–Crippen MR) is 86.0 cm³/mol. The van der Waals surface area contributed by atoms with E-state index in [9.17, 15) is 20.0 Å². The topological polar surface area (TPSA) is 86.9 Å². The first-order valence-corrected chi connectivity index (χ1v) is 7.79. The number of aliphatic hydroxyl groups is 1. The van der Waals surface area contributed by atoms with E-state index in [4.69, 9.17) is 0 Å². The SMILES string of the molecule is CC(c1cccc([N+](=O)[O-])c1)N(C)CC(=O)N1CCC(O)CC1. The molecule has 23 heavy (non-hydrogen) atoms. The van der Waals surface area contributed by atoms with Gasteiger partial charge in [0, 0.05) is 31.3 Å². The number of hydrogen-bond acceptors (Lipinski definition) is 5. The smallest absolute Gasteiger partial charge is 0.269 e. The zero-order chi connectivity index (χ0) is 17.0. The van der Waals surface area contributed by atoms with Gasteiger partial charge in [-0.05, 0) is 32.4 Å². The van der Waals surface area contributed by atoms with Crippen LogP contribution in [0.15, 0.2) is 24.3 Å². The number of piperidine rings is 1. The third-order valence-corrected chi connectivity index (χ3v) is 4.43. The number of nitrogens with zero attached hydrogens (tertiary/aromatic N) is 3. The summed E-state index contributed by atoms with van der Waals surface area (Å²) in [6, 6.07) is 6.39. The molecule has 0 bridgehead atoms. The van der Waals surface area contributed by atoms with Crippen molar-refractivity contribution in [1.82, 2.24) is 9.80 Å². The van der Waals surface area contributed by atoms with Crippen molar-refractivity contribution in [2.45, 2.75) is 31.9 Å². The molecule has 1 aromatic carbocycles. The molecule has 1 aliphatic heterocycles. The van der Waals surface area contributed by atoms with Crippen LogP contribution >= 0.6 is 0 Å². The van der Waals surface area contributed by atoms with Crippen molar-refractivity contribution in [1.29, 1.82) is 0 Å². The normalized spacial score (nSPS) is 17.3. The summed E-state index contributed by atoms with van der Waals surface area (Å²) >= 11 is 0. The van der Waals surface area contributed by atoms with Crippen molar-refractivity contribution < 1.29 is 14.8 Å². The van der Waals surface area contributed by atoms with Gasteiger partial charge in [-0.1, -0.05) is 12.1 Å². The summed E-state index contributed by atoms with van der Waals surface area (Å²) in [6.45, 7) is 3.34. The molecule has 1 aromatic rings. The molecule has 7 nitrogen and oxygen atoms in total. The third-order valence-electron chi connectivity index (χ3n) is 4.43. The number of likely N-dealkylation sites (tertiary alicyclic amines) is 1. The van der Waals surface area contributed by atoms with E-state index in [2.05, 4.69) is 0 Å². The molecule has 0 aromatic heterocycles. The zero-order valence-corrected chi connectivity index (χ0v) is 13.5. The van der Waals surface area contributed by atoms with Gasteiger partial charge in [0.15, 0.2) is 0 Å². The molecular formula is C16H23N3O4. The lowest BCUT2D eigenvalue weighted by molar-refractivity contribution is -0.384. The number of nitro benzene ring substituents is 1. The molecule has 1 saturated heterocycles. The standard InChI is InChI=1S/C16H23N3O4/c1-12(13-4-3-5-14(10-13)19(22)23)17(2)11-16(21)18-8-6-15(20)7-9-18/h3-5,10,12,15,20H,6-9,11H2,1-2H3. The molecule has 7 heteroatoms. The summed E-state index contributed by atoms with van der Waals surface area (Å²) in [5.41, 5.74) is 0.864. The van der Waals surface area contributed by atoms with Crippen LogP contribution < -0.4 is 0 Å². The molecule has 1 unspecified atom stereocenters. The van der Waals surface area contributed by atoms with Crippen molar-refractivity contribution in [3.63, 3.8) is 0 Å². The number of carbonyl (C=O) groups is 1. The quantitative estimate of drug-likeness (QED) is 0.657. The summed E-state index contributed by atoms with van der Waals surface area (Å²) in [5, 5.41) is 20.4. The highest BCUT2D eigenvalue weighted by Crippen LogP contribution is 2.23. The minimum Gasteiger partial charge on any atom is -0.393 e. The van der Waals surface area contributed by atoms with E-state index < -0.39 is 4.92 Å². The van der Waals surface area contributed by atoms with E-state index in [1.54, 1.807) is 17.0 Å². The van der Waals surface area contributed by atoms with Gasteiger partial charge in [0.1, 0.15) is 0 Å². The Morgan fingerprint density at radius 3 is 2.74 bits per heavy atom. The maximum atomic E-state index is 12.3. The lowest BCUT2D eigenvalue weighted by Gasteiger charge is -2.32. The molecule has 1 heterocycles. The number of nitro groups is 1. The summed E-state index contributed by atoms with van der Waals surface area (Å²) in [7, 11) is 1.83. The van der Waals surface area contributed by atoms with Gasteiger partial charge >= 0.3 is 0 Å². The highest BCUT2D eigenvalue weighted by Gasteiger charge is 2.24. The van der Waals surface area contributed by atoms with Gasteiger partial charge in [-0.25, -0.2) is 0 Å². The minimum absolute atomic E-state index is 0.0247. The van der Waals surface area contributed by atoms with Crippen molar-refractivity contribution in [2.24, 2.45) is 0 Å². The van der Waals surface area contributed by atoms with E-state index in [0.717, 1.165) is 5.56 Å². The molecule has 1 fully saturated rings. The average molecular weight is 321 g/mol. The number of hydrogen-bond donors (Lipinski definition) is 1. The summed E-state index contributed by atoms with van der Waals surface area (Å²) in [5.74, 6) is 0.0247. The molecule has 0 radical (unpaired) electrons. The first kappa shape index (κ1) is 17.4. The second kappa shape index (κ2) is 7.52. The summed E-state index contributed by atoms with van der Waals surface area (Å²) in [4.78, 5) is 26.4. The summed E-state index contributed by atoms with van der Waals surface area (Å²) < 4.78 is 0. The molecule has 0 saturated carbocycles. The molecule has 126 valence electrons. The third kappa shape index (κ3) is 4.49. The second-order valence-electron chi connectivity index (χ2n) is 6.06. The second-order valence-corrected chi connectivity index (χ2v) is 6.06. The molecule has 0 aliphatic carbocycles. The highest BCUT2D eigenvalue weighted by atomic mass is 16.6. The lowest BCUT2D eigenvalue weighted by atomic mass is 10.1. The lowest BCUT2D eigenvalue weighted by Crippen LogP contribution is -2.44. The van der Waals surface area contributed by atoms with E-state index in [1.165, 1.54) is 6.07 Å². The van der Waals surface area contributed by atoms with Gasteiger partial charge in [-0.2, -0.15) is 0 Å². The summed E-state index contributed by atoms with van der Waals surface area (Å²) in [6.07, 6.45) is 0.937. The van der Waals surface area contributed by atoms with E-state index >= 15 is 0 Å². The molecule has 1 aliphatic rings. The molecule has 1 N–H and O–H groups in total. The van der Waals surface area contributed by atoms with Gasteiger partial charge in [0.2, 0.25) is 5.91 Å². The Bertz CT molecular complexity index is 570. The number of carbonyl (C=O) groups excluding carboxylic acids is 1. The zero-order valence-electron chi connectivity index (χ0n) is 13.5.